The minimum atomic E-state index is -3.76. The molecule has 4 aromatic rings. The fraction of sp³-hybridized carbons (Fsp3) is 0.240. The molecular formula is C25H26N2O4S2. The first-order valence-corrected chi connectivity index (χ1v) is 12.9. The van der Waals surface area contributed by atoms with Gasteiger partial charge >= 0.3 is 0 Å². The van der Waals surface area contributed by atoms with Gasteiger partial charge in [0.25, 0.3) is 10.0 Å². The highest BCUT2D eigenvalue weighted by Gasteiger charge is 2.28. The van der Waals surface area contributed by atoms with Gasteiger partial charge in [-0.15, -0.1) is 11.3 Å². The van der Waals surface area contributed by atoms with Gasteiger partial charge in [-0.05, 0) is 75.5 Å². The Kier molecular flexibility index (Phi) is 6.58. The van der Waals surface area contributed by atoms with E-state index in [1.165, 1.54) is 15.6 Å². The van der Waals surface area contributed by atoms with E-state index in [-0.39, 0.29) is 16.9 Å². The van der Waals surface area contributed by atoms with Crippen LogP contribution >= 0.6 is 11.3 Å². The topological polar surface area (TPSA) is 72.6 Å². The minimum Gasteiger partial charge on any atom is -0.491 e. The number of nitrogens with zero attached hydrogens (tertiary/aromatic N) is 2. The molecule has 172 valence electrons. The first kappa shape index (κ1) is 23.1. The predicted molar refractivity (Wildman–Crippen MR) is 131 cm³/mol. The summed E-state index contributed by atoms with van der Waals surface area (Å²) < 4.78 is 40.2. The van der Waals surface area contributed by atoms with Crippen molar-refractivity contribution in [3.8, 4) is 17.2 Å². The second-order valence-corrected chi connectivity index (χ2v) is 11.0. The van der Waals surface area contributed by atoms with Crippen molar-refractivity contribution < 1.29 is 17.6 Å². The quantitative estimate of drug-likeness (QED) is 0.299. The van der Waals surface area contributed by atoms with Crippen molar-refractivity contribution in [3.05, 3.63) is 83.1 Å². The van der Waals surface area contributed by atoms with Crippen molar-refractivity contribution in [2.45, 2.75) is 44.6 Å². The molecule has 0 saturated heterocycles. The Morgan fingerprint density at radius 1 is 1.03 bits per heavy atom. The van der Waals surface area contributed by atoms with E-state index in [0.29, 0.717) is 23.0 Å². The molecule has 0 aliphatic carbocycles. The highest BCUT2D eigenvalue weighted by Crippen LogP contribution is 2.31. The van der Waals surface area contributed by atoms with Crippen LogP contribution in [0.3, 0.4) is 0 Å². The van der Waals surface area contributed by atoms with Crippen LogP contribution in [0.2, 0.25) is 0 Å². The standard InChI is InChI=1S/C25H26N2O4S2/c1-17(2)30-22-13-9-20(10-14-22)25-26-23(19(4)31-25)16-27(21-11-7-18(3)8-12-21)33(28,29)24-6-5-15-32-24/h5-15,17H,16H2,1-4H3. The maximum atomic E-state index is 13.5. The highest BCUT2D eigenvalue weighted by atomic mass is 32.2. The van der Waals surface area contributed by atoms with Gasteiger partial charge in [0.2, 0.25) is 5.89 Å². The number of oxazole rings is 1. The molecule has 0 fully saturated rings. The number of rotatable bonds is 8. The molecule has 0 saturated carbocycles. The number of ether oxygens (including phenoxy) is 1. The van der Waals surface area contributed by atoms with E-state index in [9.17, 15) is 8.42 Å². The number of aryl methyl sites for hydroxylation is 2. The Balaban J connectivity index is 1.67. The van der Waals surface area contributed by atoms with E-state index in [2.05, 4.69) is 4.98 Å². The number of hydrogen-bond donors (Lipinski definition) is 0. The second-order valence-electron chi connectivity index (χ2n) is 7.99. The molecule has 8 heteroatoms. The molecule has 0 aliphatic heterocycles. The Hall–Kier alpha value is -3.10. The molecular weight excluding hydrogens is 456 g/mol. The molecule has 0 radical (unpaired) electrons. The second kappa shape index (κ2) is 9.41. The zero-order chi connectivity index (χ0) is 23.6. The summed E-state index contributed by atoms with van der Waals surface area (Å²) >= 11 is 1.19. The maximum absolute atomic E-state index is 13.5. The third kappa shape index (κ3) is 5.12. The summed E-state index contributed by atoms with van der Waals surface area (Å²) in [5.41, 5.74) is 2.99. The van der Waals surface area contributed by atoms with Crippen molar-refractivity contribution in [1.82, 2.24) is 4.98 Å². The van der Waals surface area contributed by atoms with Gasteiger partial charge < -0.3 is 9.15 Å². The van der Waals surface area contributed by atoms with Gasteiger partial charge in [-0.2, -0.15) is 0 Å². The number of anilines is 1. The van der Waals surface area contributed by atoms with Gasteiger partial charge in [-0.1, -0.05) is 23.8 Å². The smallest absolute Gasteiger partial charge is 0.274 e. The lowest BCUT2D eigenvalue weighted by Crippen LogP contribution is -2.30. The monoisotopic (exact) mass is 482 g/mol. The lowest BCUT2D eigenvalue weighted by Gasteiger charge is -2.23. The molecule has 0 atom stereocenters. The van der Waals surface area contributed by atoms with E-state index in [4.69, 9.17) is 9.15 Å². The SMILES string of the molecule is Cc1ccc(N(Cc2nc(-c3ccc(OC(C)C)cc3)oc2C)S(=O)(=O)c2cccs2)cc1. The normalized spacial score (nSPS) is 11.7. The Labute approximate surface area is 198 Å². The van der Waals surface area contributed by atoms with Crippen LogP contribution in [0.5, 0.6) is 5.75 Å². The largest absolute Gasteiger partial charge is 0.491 e. The van der Waals surface area contributed by atoms with E-state index < -0.39 is 10.0 Å². The molecule has 6 nitrogen and oxygen atoms in total. The lowest BCUT2D eigenvalue weighted by molar-refractivity contribution is 0.242. The van der Waals surface area contributed by atoms with Crippen LogP contribution in [0, 0.1) is 13.8 Å². The zero-order valence-electron chi connectivity index (χ0n) is 19.0. The fourth-order valence-electron chi connectivity index (χ4n) is 3.33. The summed E-state index contributed by atoms with van der Waals surface area (Å²) in [5.74, 6) is 1.78. The third-order valence-corrected chi connectivity index (χ3v) is 8.17. The molecule has 2 heterocycles. The first-order chi connectivity index (χ1) is 15.7. The molecule has 4 rings (SSSR count). The average molecular weight is 483 g/mol. The molecule has 0 unspecified atom stereocenters. The van der Waals surface area contributed by atoms with Crippen molar-refractivity contribution in [3.63, 3.8) is 0 Å². The Bertz CT molecular complexity index is 1310. The molecule has 0 bridgehead atoms. The molecule has 33 heavy (non-hydrogen) atoms. The summed E-state index contributed by atoms with van der Waals surface area (Å²) in [6.07, 6.45) is 0.0875. The average Bonchev–Trinajstić information content (AvgIpc) is 3.44. The van der Waals surface area contributed by atoms with Crippen molar-refractivity contribution >= 4 is 27.0 Å². The summed E-state index contributed by atoms with van der Waals surface area (Å²) in [7, 11) is -3.76. The zero-order valence-corrected chi connectivity index (χ0v) is 20.6. The maximum Gasteiger partial charge on any atom is 0.274 e. The van der Waals surface area contributed by atoms with E-state index in [0.717, 1.165) is 16.9 Å². The third-order valence-electron chi connectivity index (χ3n) is 5.02. The van der Waals surface area contributed by atoms with Crippen LogP contribution in [-0.4, -0.2) is 19.5 Å². The van der Waals surface area contributed by atoms with E-state index in [1.54, 1.807) is 24.4 Å². The van der Waals surface area contributed by atoms with Gasteiger partial charge in [0.05, 0.1) is 18.3 Å². The van der Waals surface area contributed by atoms with Crippen LogP contribution in [0.25, 0.3) is 11.5 Å². The number of hydrogen-bond acceptors (Lipinski definition) is 6. The van der Waals surface area contributed by atoms with E-state index in [1.807, 2.05) is 69.3 Å². The van der Waals surface area contributed by atoms with Gasteiger partial charge in [-0.25, -0.2) is 13.4 Å². The number of sulfonamides is 1. The highest BCUT2D eigenvalue weighted by molar-refractivity contribution is 7.94. The van der Waals surface area contributed by atoms with Crippen LogP contribution in [-0.2, 0) is 16.6 Å². The Morgan fingerprint density at radius 3 is 2.33 bits per heavy atom. The summed E-state index contributed by atoms with van der Waals surface area (Å²) in [6, 6.07) is 18.3. The van der Waals surface area contributed by atoms with Crippen molar-refractivity contribution in [2.24, 2.45) is 0 Å². The molecule has 2 aromatic carbocycles. The molecule has 0 aliphatic rings. The predicted octanol–water partition coefficient (Wildman–Crippen LogP) is 6.20. The molecule has 0 N–H and O–H groups in total. The molecule has 0 spiro atoms. The number of benzene rings is 2. The van der Waals surface area contributed by atoms with Crippen LogP contribution in [0.15, 0.2) is 74.7 Å². The number of aromatic nitrogens is 1. The molecule has 0 amide bonds. The minimum absolute atomic E-state index is 0.0627. The summed E-state index contributed by atoms with van der Waals surface area (Å²) in [6.45, 7) is 7.77. The van der Waals surface area contributed by atoms with E-state index >= 15 is 0 Å². The van der Waals surface area contributed by atoms with Crippen molar-refractivity contribution in [2.75, 3.05) is 4.31 Å². The fourth-order valence-corrected chi connectivity index (χ4v) is 5.86. The van der Waals surface area contributed by atoms with Gasteiger partial charge in [0.1, 0.15) is 21.4 Å². The van der Waals surface area contributed by atoms with Gasteiger partial charge in [-0.3, -0.25) is 4.31 Å². The van der Waals surface area contributed by atoms with Crippen molar-refractivity contribution in [1.29, 1.82) is 0 Å². The van der Waals surface area contributed by atoms with Crippen LogP contribution < -0.4 is 9.04 Å². The lowest BCUT2D eigenvalue weighted by atomic mass is 10.2. The first-order valence-electron chi connectivity index (χ1n) is 10.6. The van der Waals surface area contributed by atoms with Crippen LogP contribution in [0.1, 0.15) is 30.9 Å². The van der Waals surface area contributed by atoms with Gasteiger partial charge in [0.15, 0.2) is 0 Å². The summed E-state index contributed by atoms with van der Waals surface area (Å²) in [4.78, 5) is 4.64. The van der Waals surface area contributed by atoms with Crippen LogP contribution in [0.4, 0.5) is 5.69 Å². The molecule has 2 aromatic heterocycles. The number of thiophene rings is 1. The Morgan fingerprint density at radius 2 is 1.73 bits per heavy atom. The van der Waals surface area contributed by atoms with Gasteiger partial charge in [0, 0.05) is 5.56 Å². The summed E-state index contributed by atoms with van der Waals surface area (Å²) in [5, 5.41) is 1.76.